The van der Waals surface area contributed by atoms with Gasteiger partial charge in [-0.3, -0.25) is 9.59 Å². The van der Waals surface area contributed by atoms with Gasteiger partial charge in [-0.15, -0.1) is 0 Å². The first kappa shape index (κ1) is 24.8. The van der Waals surface area contributed by atoms with Gasteiger partial charge in [0.25, 0.3) is 11.8 Å². The number of hydrogen-bond donors (Lipinski definition) is 2. The van der Waals surface area contributed by atoms with E-state index >= 15 is 0 Å². The molecule has 0 spiro atoms. The molecular weight excluding hydrogens is 444 g/mol. The Morgan fingerprint density at radius 1 is 1.14 bits per heavy atom. The molecule has 0 aliphatic carbocycles. The maximum absolute atomic E-state index is 13.6. The number of amides is 2. The third kappa shape index (κ3) is 5.33. The molecule has 0 radical (unpaired) electrons. The number of aryl methyl sites for hydroxylation is 1. The molecule has 3 aromatic rings. The highest BCUT2D eigenvalue weighted by Crippen LogP contribution is 2.36. The average molecular weight is 479 g/mol. The van der Waals surface area contributed by atoms with Crippen LogP contribution in [-0.2, 0) is 22.6 Å². The van der Waals surface area contributed by atoms with Crippen LogP contribution in [0.1, 0.15) is 45.8 Å². The Balaban J connectivity index is 1.53. The van der Waals surface area contributed by atoms with Crippen molar-refractivity contribution in [1.82, 2.24) is 9.47 Å². The lowest BCUT2D eigenvalue weighted by atomic mass is 9.87. The molecule has 1 aromatic heterocycles. The van der Waals surface area contributed by atoms with E-state index in [2.05, 4.69) is 17.6 Å². The zero-order valence-corrected chi connectivity index (χ0v) is 20.5. The Morgan fingerprint density at radius 2 is 1.91 bits per heavy atom. The third-order valence-corrected chi connectivity index (χ3v) is 6.77. The number of fused-ring (bicyclic) bond motifs is 1. The molecule has 1 aliphatic rings. The van der Waals surface area contributed by atoms with Gasteiger partial charge in [-0.05, 0) is 48.4 Å². The molecule has 8 heteroatoms. The summed E-state index contributed by atoms with van der Waals surface area (Å²) in [5, 5.41) is 0.978. The quantitative estimate of drug-likeness (QED) is 0.491. The van der Waals surface area contributed by atoms with E-state index < -0.39 is 5.91 Å². The standard InChI is InChI=1S/C27H34N4O4/c1-18-4-3-5-21-23(16-31(26(18)21)12-13-34-2)27(33)30-10-8-20(9-11-30)22-14-19(15-28)6-7-24(22)35-17-25(29)32/h3-7,14,16,20H,8-13,15,17,28H2,1-2H3,(H2,29,32). The van der Waals surface area contributed by atoms with Crippen molar-refractivity contribution < 1.29 is 19.1 Å². The second kappa shape index (κ2) is 10.9. The number of carbonyl (C=O) groups is 2. The van der Waals surface area contributed by atoms with E-state index in [0.717, 1.165) is 46.0 Å². The summed E-state index contributed by atoms with van der Waals surface area (Å²) in [6, 6.07) is 11.9. The summed E-state index contributed by atoms with van der Waals surface area (Å²) in [7, 11) is 1.68. The van der Waals surface area contributed by atoms with E-state index in [1.807, 2.05) is 41.4 Å². The van der Waals surface area contributed by atoms with Crippen molar-refractivity contribution in [3.05, 3.63) is 64.8 Å². The number of nitrogens with two attached hydrogens (primary N) is 2. The summed E-state index contributed by atoms with van der Waals surface area (Å²) in [5.41, 5.74) is 16.1. The summed E-state index contributed by atoms with van der Waals surface area (Å²) in [5.74, 6) is 0.400. The van der Waals surface area contributed by atoms with Crippen LogP contribution in [0.3, 0.4) is 0 Å². The van der Waals surface area contributed by atoms with E-state index in [4.69, 9.17) is 20.9 Å². The Morgan fingerprint density at radius 3 is 2.60 bits per heavy atom. The number of carbonyl (C=O) groups excluding carboxylic acids is 2. The Bertz CT molecular complexity index is 1210. The van der Waals surface area contributed by atoms with Crippen LogP contribution in [0.4, 0.5) is 0 Å². The summed E-state index contributed by atoms with van der Waals surface area (Å²) in [6.07, 6.45) is 3.56. The second-order valence-electron chi connectivity index (χ2n) is 9.10. The van der Waals surface area contributed by atoms with Crippen LogP contribution in [0.25, 0.3) is 10.9 Å². The molecule has 8 nitrogen and oxygen atoms in total. The van der Waals surface area contributed by atoms with Crippen molar-refractivity contribution in [3.63, 3.8) is 0 Å². The lowest BCUT2D eigenvalue weighted by Crippen LogP contribution is -2.38. The second-order valence-corrected chi connectivity index (χ2v) is 9.10. The van der Waals surface area contributed by atoms with Crippen LogP contribution in [0.5, 0.6) is 5.75 Å². The van der Waals surface area contributed by atoms with Gasteiger partial charge in [0, 0.05) is 44.9 Å². The van der Waals surface area contributed by atoms with Crippen LogP contribution < -0.4 is 16.2 Å². The van der Waals surface area contributed by atoms with E-state index in [0.29, 0.717) is 38.5 Å². The molecule has 1 saturated heterocycles. The molecule has 186 valence electrons. The lowest BCUT2D eigenvalue weighted by molar-refractivity contribution is -0.119. The molecule has 0 saturated carbocycles. The Labute approximate surface area is 205 Å². The van der Waals surface area contributed by atoms with Gasteiger partial charge in [-0.25, -0.2) is 0 Å². The first-order chi connectivity index (χ1) is 16.9. The SMILES string of the molecule is COCCn1cc(C(=O)N2CCC(c3cc(CN)ccc3OCC(N)=O)CC2)c2cccc(C)c21. The summed E-state index contributed by atoms with van der Waals surface area (Å²) in [4.78, 5) is 26.8. The molecule has 35 heavy (non-hydrogen) atoms. The highest BCUT2D eigenvalue weighted by Gasteiger charge is 2.28. The molecule has 2 heterocycles. The van der Waals surface area contributed by atoms with Gasteiger partial charge in [0.15, 0.2) is 6.61 Å². The van der Waals surface area contributed by atoms with Crippen molar-refractivity contribution >= 4 is 22.7 Å². The number of hydrogen-bond acceptors (Lipinski definition) is 5. The van der Waals surface area contributed by atoms with Gasteiger partial charge in [-0.2, -0.15) is 0 Å². The first-order valence-corrected chi connectivity index (χ1v) is 12.0. The topological polar surface area (TPSA) is 113 Å². The van der Waals surface area contributed by atoms with E-state index in [1.54, 1.807) is 7.11 Å². The summed E-state index contributed by atoms with van der Waals surface area (Å²) >= 11 is 0. The highest BCUT2D eigenvalue weighted by molar-refractivity contribution is 6.07. The van der Waals surface area contributed by atoms with E-state index in [1.165, 1.54) is 0 Å². The van der Waals surface area contributed by atoms with Crippen LogP contribution in [0.2, 0.25) is 0 Å². The zero-order valence-electron chi connectivity index (χ0n) is 20.5. The van der Waals surface area contributed by atoms with Gasteiger partial charge >= 0.3 is 0 Å². The molecule has 4 N–H and O–H groups in total. The predicted octanol–water partition coefficient (Wildman–Crippen LogP) is 2.94. The molecule has 2 aromatic carbocycles. The predicted molar refractivity (Wildman–Crippen MR) is 135 cm³/mol. The van der Waals surface area contributed by atoms with Crippen molar-refractivity contribution in [2.45, 2.75) is 38.8 Å². The minimum absolute atomic E-state index is 0.0520. The van der Waals surface area contributed by atoms with Crippen molar-refractivity contribution in [1.29, 1.82) is 0 Å². The van der Waals surface area contributed by atoms with Crippen LogP contribution in [-0.4, -0.2) is 54.7 Å². The van der Waals surface area contributed by atoms with E-state index in [-0.39, 0.29) is 18.4 Å². The number of ether oxygens (including phenoxy) is 2. The fraction of sp³-hybridized carbons (Fsp3) is 0.407. The number of para-hydroxylation sites is 1. The number of piperidine rings is 1. The fourth-order valence-electron chi connectivity index (χ4n) is 4.97. The van der Waals surface area contributed by atoms with Gasteiger partial charge in [-0.1, -0.05) is 30.3 Å². The average Bonchev–Trinajstić information content (AvgIpc) is 3.25. The molecular formula is C27H34N4O4. The number of rotatable bonds is 9. The van der Waals surface area contributed by atoms with Gasteiger partial charge in [0.1, 0.15) is 5.75 Å². The largest absolute Gasteiger partial charge is 0.483 e. The molecule has 4 rings (SSSR count). The molecule has 2 amide bonds. The zero-order chi connectivity index (χ0) is 24.9. The molecule has 1 fully saturated rings. The van der Waals surface area contributed by atoms with Gasteiger partial charge in [0.05, 0.1) is 17.7 Å². The van der Waals surface area contributed by atoms with E-state index in [9.17, 15) is 9.59 Å². The summed E-state index contributed by atoms with van der Waals surface area (Å²) < 4.78 is 13.1. The molecule has 0 unspecified atom stereocenters. The number of primary amides is 1. The number of benzene rings is 2. The van der Waals surface area contributed by atoms with Crippen molar-refractivity contribution in [3.8, 4) is 5.75 Å². The van der Waals surface area contributed by atoms with Gasteiger partial charge < -0.3 is 30.4 Å². The van der Waals surface area contributed by atoms with Crippen molar-refractivity contribution in [2.24, 2.45) is 11.5 Å². The molecule has 0 atom stereocenters. The Kier molecular flexibility index (Phi) is 7.73. The molecule has 1 aliphatic heterocycles. The van der Waals surface area contributed by atoms with Crippen molar-refractivity contribution in [2.75, 3.05) is 33.4 Å². The van der Waals surface area contributed by atoms with Crippen LogP contribution in [0.15, 0.2) is 42.6 Å². The molecule has 0 bridgehead atoms. The fourth-order valence-corrected chi connectivity index (χ4v) is 4.97. The number of methoxy groups -OCH3 is 1. The minimum atomic E-state index is -0.515. The minimum Gasteiger partial charge on any atom is -0.483 e. The Hall–Kier alpha value is -3.36. The number of likely N-dealkylation sites (tertiary alicyclic amines) is 1. The van der Waals surface area contributed by atoms with Crippen LogP contribution in [0, 0.1) is 6.92 Å². The lowest BCUT2D eigenvalue weighted by Gasteiger charge is -2.33. The highest BCUT2D eigenvalue weighted by atomic mass is 16.5. The number of nitrogens with zero attached hydrogens (tertiary/aromatic N) is 2. The smallest absolute Gasteiger partial charge is 0.256 e. The maximum atomic E-state index is 13.6. The summed E-state index contributed by atoms with van der Waals surface area (Å²) in [6.45, 7) is 4.88. The maximum Gasteiger partial charge on any atom is 0.256 e. The third-order valence-electron chi connectivity index (χ3n) is 6.77. The van der Waals surface area contributed by atoms with Crippen LogP contribution >= 0.6 is 0 Å². The number of aromatic nitrogens is 1. The monoisotopic (exact) mass is 478 g/mol. The van der Waals surface area contributed by atoms with Gasteiger partial charge in [0.2, 0.25) is 0 Å². The first-order valence-electron chi connectivity index (χ1n) is 12.0. The normalized spacial score (nSPS) is 14.4.